The lowest BCUT2D eigenvalue weighted by Gasteiger charge is -2.11. The van der Waals surface area contributed by atoms with E-state index in [1.807, 2.05) is 0 Å². The normalized spacial score (nSPS) is 11.6. The van der Waals surface area contributed by atoms with E-state index in [2.05, 4.69) is 20.4 Å². The molecule has 1 N–H and O–H groups in total. The molecule has 3 aromatic rings. The summed E-state index contributed by atoms with van der Waals surface area (Å²) >= 11 is 5.66. The van der Waals surface area contributed by atoms with Gasteiger partial charge >= 0.3 is 6.18 Å². The molecular weight excluding hydrogens is 362 g/mol. The summed E-state index contributed by atoms with van der Waals surface area (Å²) in [5.74, 6) is -0.639. The van der Waals surface area contributed by atoms with Gasteiger partial charge < -0.3 is 5.32 Å². The van der Waals surface area contributed by atoms with Crippen molar-refractivity contribution >= 4 is 23.2 Å². The molecule has 0 atom stereocenters. The highest BCUT2D eigenvalue weighted by Gasteiger charge is 2.33. The third-order valence-electron chi connectivity index (χ3n) is 3.25. The van der Waals surface area contributed by atoms with Crippen LogP contribution in [0.4, 0.5) is 29.2 Å². The molecule has 0 fully saturated rings. The quantitative estimate of drug-likeness (QED) is 0.692. The third kappa shape index (κ3) is 3.71. The van der Waals surface area contributed by atoms with E-state index in [0.717, 1.165) is 18.3 Å². The Kier molecular flexibility index (Phi) is 4.34. The van der Waals surface area contributed by atoms with Crippen LogP contribution < -0.4 is 5.32 Å². The fourth-order valence-corrected chi connectivity index (χ4v) is 2.41. The molecule has 10 heteroatoms. The monoisotopic (exact) mass is 371 g/mol. The molecule has 25 heavy (non-hydrogen) atoms. The van der Waals surface area contributed by atoms with Gasteiger partial charge in [0.05, 0.1) is 23.0 Å². The zero-order valence-corrected chi connectivity index (χ0v) is 13.4. The standard InChI is InChI=1S/C15H10ClF4N5/c1-25-7-8(5-22-25)13-12(17)6-21-14(24-13)23-9-2-3-10(11(16)4-9)15(18,19)20/h2-7H,1H3,(H,21,23,24). The second-order valence-corrected chi connectivity index (χ2v) is 5.52. The minimum absolute atomic E-state index is 0.0103. The largest absolute Gasteiger partial charge is 0.417 e. The molecule has 0 spiro atoms. The van der Waals surface area contributed by atoms with E-state index < -0.39 is 22.6 Å². The van der Waals surface area contributed by atoms with Crippen LogP contribution in [0.1, 0.15) is 5.56 Å². The second-order valence-electron chi connectivity index (χ2n) is 5.11. The molecule has 0 radical (unpaired) electrons. The van der Waals surface area contributed by atoms with Crippen molar-refractivity contribution in [3.8, 4) is 11.3 Å². The number of alkyl halides is 3. The first-order chi connectivity index (χ1) is 11.7. The summed E-state index contributed by atoms with van der Waals surface area (Å²) in [4.78, 5) is 7.81. The van der Waals surface area contributed by atoms with Crippen LogP contribution in [0, 0.1) is 5.82 Å². The smallest absolute Gasteiger partial charge is 0.324 e. The number of nitrogens with zero attached hydrogens (tertiary/aromatic N) is 4. The van der Waals surface area contributed by atoms with Gasteiger partial charge in [0.1, 0.15) is 5.69 Å². The lowest BCUT2D eigenvalue weighted by Crippen LogP contribution is -2.06. The third-order valence-corrected chi connectivity index (χ3v) is 3.57. The number of anilines is 2. The van der Waals surface area contributed by atoms with Crippen molar-refractivity contribution in [1.82, 2.24) is 19.7 Å². The first-order valence-electron chi connectivity index (χ1n) is 6.89. The van der Waals surface area contributed by atoms with Gasteiger partial charge in [-0.1, -0.05) is 11.6 Å². The zero-order valence-electron chi connectivity index (χ0n) is 12.6. The van der Waals surface area contributed by atoms with Crippen LogP contribution in [-0.4, -0.2) is 19.7 Å². The number of rotatable bonds is 3. The van der Waals surface area contributed by atoms with Crippen LogP contribution in [0.15, 0.2) is 36.8 Å². The average molecular weight is 372 g/mol. The molecule has 5 nitrogen and oxygen atoms in total. The van der Waals surface area contributed by atoms with Crippen molar-refractivity contribution in [3.63, 3.8) is 0 Å². The van der Waals surface area contributed by atoms with E-state index in [4.69, 9.17) is 11.6 Å². The number of benzene rings is 1. The van der Waals surface area contributed by atoms with Crippen LogP contribution >= 0.6 is 11.6 Å². The van der Waals surface area contributed by atoms with Gasteiger partial charge in [0.2, 0.25) is 5.95 Å². The van der Waals surface area contributed by atoms with Crippen molar-refractivity contribution in [1.29, 1.82) is 0 Å². The Morgan fingerprint density at radius 3 is 2.56 bits per heavy atom. The van der Waals surface area contributed by atoms with Gasteiger partial charge in [0.25, 0.3) is 0 Å². The van der Waals surface area contributed by atoms with Crippen LogP contribution in [0.3, 0.4) is 0 Å². The molecule has 0 aliphatic heterocycles. The number of halogens is 5. The van der Waals surface area contributed by atoms with E-state index in [9.17, 15) is 17.6 Å². The predicted octanol–water partition coefficient (Wildman–Crippen LogP) is 4.43. The number of aromatic nitrogens is 4. The molecule has 130 valence electrons. The maximum Gasteiger partial charge on any atom is 0.417 e. The van der Waals surface area contributed by atoms with Gasteiger partial charge in [0, 0.05) is 24.5 Å². The molecule has 0 aliphatic carbocycles. The summed E-state index contributed by atoms with van der Waals surface area (Å²) in [5, 5.41) is 6.17. The maximum absolute atomic E-state index is 13.9. The van der Waals surface area contributed by atoms with Crippen molar-refractivity contribution in [2.45, 2.75) is 6.18 Å². The fourth-order valence-electron chi connectivity index (χ4n) is 2.13. The summed E-state index contributed by atoms with van der Waals surface area (Å²) < 4.78 is 53.5. The Labute approximate surface area is 144 Å². The van der Waals surface area contributed by atoms with Crippen LogP contribution in [0.2, 0.25) is 5.02 Å². The van der Waals surface area contributed by atoms with E-state index in [1.54, 1.807) is 13.2 Å². The molecule has 3 rings (SSSR count). The van der Waals surface area contributed by atoms with Gasteiger partial charge in [0.15, 0.2) is 5.82 Å². The molecule has 0 unspecified atom stereocenters. The van der Waals surface area contributed by atoms with E-state index >= 15 is 0 Å². The highest BCUT2D eigenvalue weighted by Crippen LogP contribution is 2.36. The van der Waals surface area contributed by atoms with Crippen LogP contribution in [0.5, 0.6) is 0 Å². The Morgan fingerprint density at radius 2 is 1.96 bits per heavy atom. The van der Waals surface area contributed by atoms with Crippen molar-refractivity contribution in [2.75, 3.05) is 5.32 Å². The molecule has 0 aliphatic rings. The van der Waals surface area contributed by atoms with Crippen molar-refractivity contribution in [2.24, 2.45) is 7.05 Å². The predicted molar refractivity (Wildman–Crippen MR) is 83.9 cm³/mol. The van der Waals surface area contributed by atoms with E-state index in [1.165, 1.54) is 16.9 Å². The Morgan fingerprint density at radius 1 is 1.20 bits per heavy atom. The lowest BCUT2D eigenvalue weighted by molar-refractivity contribution is -0.137. The summed E-state index contributed by atoms with van der Waals surface area (Å²) in [6, 6.07) is 3.13. The SMILES string of the molecule is Cn1cc(-c2nc(Nc3ccc(C(F)(F)F)c(Cl)c3)ncc2F)cn1. The minimum atomic E-state index is -4.55. The molecule has 0 saturated carbocycles. The molecule has 0 bridgehead atoms. The maximum atomic E-state index is 13.9. The molecule has 2 heterocycles. The second kappa shape index (κ2) is 6.32. The summed E-state index contributed by atoms with van der Waals surface area (Å²) in [6.07, 6.45) is -0.576. The number of hydrogen-bond donors (Lipinski definition) is 1. The molecule has 1 aromatic carbocycles. The molecular formula is C15H10ClF4N5. The Balaban J connectivity index is 1.90. The minimum Gasteiger partial charge on any atom is -0.324 e. The summed E-state index contributed by atoms with van der Waals surface area (Å²) in [7, 11) is 1.67. The highest BCUT2D eigenvalue weighted by molar-refractivity contribution is 6.31. The van der Waals surface area contributed by atoms with Gasteiger partial charge in [-0.15, -0.1) is 0 Å². The van der Waals surface area contributed by atoms with Crippen molar-refractivity contribution < 1.29 is 17.6 Å². The molecule has 0 saturated heterocycles. The highest BCUT2D eigenvalue weighted by atomic mass is 35.5. The Bertz CT molecular complexity index is 923. The van der Waals surface area contributed by atoms with E-state index in [0.29, 0.717) is 5.56 Å². The van der Waals surface area contributed by atoms with Gasteiger partial charge in [-0.05, 0) is 18.2 Å². The topological polar surface area (TPSA) is 55.6 Å². The van der Waals surface area contributed by atoms with E-state index in [-0.39, 0.29) is 17.3 Å². The Hall–Kier alpha value is -2.68. The first-order valence-corrected chi connectivity index (χ1v) is 7.27. The van der Waals surface area contributed by atoms with Gasteiger partial charge in [-0.25, -0.2) is 14.4 Å². The summed E-state index contributed by atoms with van der Waals surface area (Å²) in [6.45, 7) is 0. The van der Waals surface area contributed by atoms with Gasteiger partial charge in [-0.3, -0.25) is 4.68 Å². The lowest BCUT2D eigenvalue weighted by atomic mass is 10.2. The number of aryl methyl sites for hydroxylation is 1. The number of hydrogen-bond acceptors (Lipinski definition) is 4. The van der Waals surface area contributed by atoms with Crippen molar-refractivity contribution in [3.05, 3.63) is 53.2 Å². The van der Waals surface area contributed by atoms with Gasteiger partial charge in [-0.2, -0.15) is 18.3 Å². The molecule has 0 amide bonds. The van der Waals surface area contributed by atoms with Crippen LogP contribution in [-0.2, 0) is 13.2 Å². The number of nitrogens with one attached hydrogen (secondary N) is 1. The average Bonchev–Trinajstić information content (AvgIpc) is 2.94. The first kappa shape index (κ1) is 17.2. The zero-order chi connectivity index (χ0) is 18.2. The molecule has 2 aromatic heterocycles. The fraction of sp³-hybridized carbons (Fsp3) is 0.133. The summed E-state index contributed by atoms with van der Waals surface area (Å²) in [5.41, 5.74) is -0.253. The van der Waals surface area contributed by atoms with Crippen LogP contribution in [0.25, 0.3) is 11.3 Å².